The fourth-order valence-corrected chi connectivity index (χ4v) is 2.87. The molecule has 1 heterocycles. The zero-order chi connectivity index (χ0) is 17.1. The second-order valence-corrected chi connectivity index (χ2v) is 5.97. The molecule has 4 nitrogen and oxygen atoms in total. The van der Waals surface area contributed by atoms with Crippen molar-refractivity contribution < 1.29 is 4.79 Å². The molecule has 0 spiro atoms. The molecule has 0 unspecified atom stereocenters. The van der Waals surface area contributed by atoms with Crippen LogP contribution in [0.3, 0.4) is 0 Å². The highest BCUT2D eigenvalue weighted by Gasteiger charge is 2.11. The minimum Gasteiger partial charge on any atom is -0.348 e. The number of carbonyl (C=O) groups is 1. The Kier molecular flexibility index (Phi) is 4.47. The second-order valence-electron chi connectivity index (χ2n) is 5.97. The van der Waals surface area contributed by atoms with Crippen molar-refractivity contribution in [1.82, 2.24) is 14.9 Å². The van der Waals surface area contributed by atoms with Crippen LogP contribution in [0.1, 0.15) is 32.9 Å². The predicted molar refractivity (Wildman–Crippen MR) is 95.4 cm³/mol. The lowest BCUT2D eigenvalue weighted by Crippen LogP contribution is -2.24. The van der Waals surface area contributed by atoms with Crippen LogP contribution in [0.25, 0.3) is 5.69 Å². The number of rotatable bonds is 4. The fourth-order valence-electron chi connectivity index (χ4n) is 2.87. The quantitative estimate of drug-likeness (QED) is 0.796. The van der Waals surface area contributed by atoms with Crippen LogP contribution < -0.4 is 5.32 Å². The maximum Gasteiger partial charge on any atom is 0.251 e. The van der Waals surface area contributed by atoms with Crippen molar-refractivity contribution in [2.75, 3.05) is 0 Å². The van der Waals surface area contributed by atoms with E-state index in [2.05, 4.69) is 10.3 Å². The zero-order valence-electron chi connectivity index (χ0n) is 14.2. The van der Waals surface area contributed by atoms with Gasteiger partial charge in [-0.3, -0.25) is 4.79 Å². The average Bonchev–Trinajstić information content (AvgIpc) is 2.99. The molecule has 0 aliphatic carbocycles. The van der Waals surface area contributed by atoms with Crippen LogP contribution in [0, 0.1) is 20.8 Å². The first-order valence-electron chi connectivity index (χ1n) is 8.00. The van der Waals surface area contributed by atoms with Crippen molar-refractivity contribution in [1.29, 1.82) is 0 Å². The first-order valence-corrected chi connectivity index (χ1v) is 8.00. The number of amides is 1. The molecule has 0 fully saturated rings. The Labute approximate surface area is 142 Å². The van der Waals surface area contributed by atoms with Crippen molar-refractivity contribution in [3.8, 4) is 5.69 Å². The van der Waals surface area contributed by atoms with Gasteiger partial charge in [-0.15, -0.1) is 0 Å². The molecular formula is C20H21N3O. The van der Waals surface area contributed by atoms with E-state index in [1.807, 2.05) is 74.0 Å². The van der Waals surface area contributed by atoms with Gasteiger partial charge in [-0.2, -0.15) is 0 Å². The molecule has 1 amide bonds. The molecule has 0 saturated heterocycles. The Morgan fingerprint density at radius 1 is 1.12 bits per heavy atom. The van der Waals surface area contributed by atoms with E-state index in [9.17, 15) is 4.79 Å². The molecule has 0 saturated carbocycles. The van der Waals surface area contributed by atoms with Crippen molar-refractivity contribution in [2.45, 2.75) is 27.3 Å². The standard InChI is InChI=1S/C20H21N3O/c1-14-8-9-18(15(2)12-14)20(24)22-13-17-6-4-5-7-19(17)23-11-10-21-16(23)3/h4-12H,13H2,1-3H3,(H,22,24). The first kappa shape index (κ1) is 16.0. The summed E-state index contributed by atoms with van der Waals surface area (Å²) in [6.45, 7) is 6.42. The van der Waals surface area contributed by atoms with E-state index in [4.69, 9.17) is 0 Å². The largest absolute Gasteiger partial charge is 0.348 e. The number of hydrogen-bond acceptors (Lipinski definition) is 2. The van der Waals surface area contributed by atoms with Gasteiger partial charge in [0.1, 0.15) is 5.82 Å². The van der Waals surface area contributed by atoms with Crippen molar-refractivity contribution in [3.63, 3.8) is 0 Å². The predicted octanol–water partition coefficient (Wildman–Crippen LogP) is 3.73. The number of aryl methyl sites for hydroxylation is 3. The maximum absolute atomic E-state index is 12.5. The smallest absolute Gasteiger partial charge is 0.251 e. The number of nitrogens with one attached hydrogen (secondary N) is 1. The SMILES string of the molecule is Cc1ccc(C(=O)NCc2ccccc2-n2ccnc2C)c(C)c1. The lowest BCUT2D eigenvalue weighted by Gasteiger charge is -2.13. The van der Waals surface area contributed by atoms with Gasteiger partial charge in [0.2, 0.25) is 0 Å². The van der Waals surface area contributed by atoms with Crippen LogP contribution in [0.4, 0.5) is 0 Å². The van der Waals surface area contributed by atoms with Crippen molar-refractivity contribution in [2.24, 2.45) is 0 Å². The minimum absolute atomic E-state index is 0.0512. The lowest BCUT2D eigenvalue weighted by molar-refractivity contribution is 0.0950. The minimum atomic E-state index is -0.0512. The molecule has 2 aromatic carbocycles. The van der Waals surface area contributed by atoms with Gasteiger partial charge >= 0.3 is 0 Å². The highest BCUT2D eigenvalue weighted by molar-refractivity contribution is 5.95. The Balaban J connectivity index is 1.80. The van der Waals surface area contributed by atoms with Crippen LogP contribution >= 0.6 is 0 Å². The number of hydrogen-bond donors (Lipinski definition) is 1. The van der Waals surface area contributed by atoms with Gasteiger partial charge in [-0.1, -0.05) is 35.9 Å². The summed E-state index contributed by atoms with van der Waals surface area (Å²) in [7, 11) is 0. The van der Waals surface area contributed by atoms with E-state index in [1.165, 1.54) is 0 Å². The Morgan fingerprint density at radius 3 is 2.62 bits per heavy atom. The monoisotopic (exact) mass is 319 g/mol. The average molecular weight is 319 g/mol. The van der Waals surface area contributed by atoms with Crippen molar-refractivity contribution in [3.05, 3.63) is 82.9 Å². The van der Waals surface area contributed by atoms with E-state index in [0.29, 0.717) is 6.54 Å². The topological polar surface area (TPSA) is 46.9 Å². The fraction of sp³-hybridized carbons (Fsp3) is 0.200. The summed E-state index contributed by atoms with van der Waals surface area (Å²) >= 11 is 0. The molecule has 1 aromatic heterocycles. The van der Waals surface area contributed by atoms with E-state index in [-0.39, 0.29) is 5.91 Å². The Morgan fingerprint density at radius 2 is 1.92 bits per heavy atom. The molecule has 4 heteroatoms. The molecule has 0 aliphatic heterocycles. The normalized spacial score (nSPS) is 10.6. The summed E-state index contributed by atoms with van der Waals surface area (Å²) in [5.41, 5.74) is 4.96. The summed E-state index contributed by atoms with van der Waals surface area (Å²) in [4.78, 5) is 16.8. The van der Waals surface area contributed by atoms with Gasteiger partial charge < -0.3 is 9.88 Å². The molecule has 3 rings (SSSR count). The third-order valence-corrected chi connectivity index (χ3v) is 4.14. The van der Waals surface area contributed by atoms with E-state index >= 15 is 0 Å². The molecule has 0 bridgehead atoms. The number of para-hydroxylation sites is 1. The molecule has 1 N–H and O–H groups in total. The van der Waals surface area contributed by atoms with Gasteiger partial charge in [-0.25, -0.2) is 4.98 Å². The summed E-state index contributed by atoms with van der Waals surface area (Å²) in [6.07, 6.45) is 3.71. The molecule has 24 heavy (non-hydrogen) atoms. The third-order valence-electron chi connectivity index (χ3n) is 4.14. The van der Waals surface area contributed by atoms with Gasteiger partial charge in [0.15, 0.2) is 0 Å². The second kappa shape index (κ2) is 6.71. The van der Waals surface area contributed by atoms with E-state index < -0.39 is 0 Å². The van der Waals surface area contributed by atoms with Gasteiger partial charge in [-0.05, 0) is 44.0 Å². The highest BCUT2D eigenvalue weighted by atomic mass is 16.1. The number of carbonyl (C=O) groups excluding carboxylic acids is 1. The number of imidazole rings is 1. The van der Waals surface area contributed by atoms with Crippen molar-refractivity contribution >= 4 is 5.91 Å². The van der Waals surface area contributed by atoms with Crippen LogP contribution in [0.2, 0.25) is 0 Å². The first-order chi connectivity index (χ1) is 11.6. The Bertz CT molecular complexity index is 880. The van der Waals surface area contributed by atoms with Gasteiger partial charge in [0.05, 0.1) is 5.69 Å². The van der Waals surface area contributed by atoms with Crippen LogP contribution in [-0.2, 0) is 6.54 Å². The molecular weight excluding hydrogens is 298 g/mol. The Hall–Kier alpha value is -2.88. The highest BCUT2D eigenvalue weighted by Crippen LogP contribution is 2.17. The summed E-state index contributed by atoms with van der Waals surface area (Å²) in [5, 5.41) is 3.02. The summed E-state index contributed by atoms with van der Waals surface area (Å²) < 4.78 is 2.03. The molecule has 0 aliphatic rings. The van der Waals surface area contributed by atoms with Crippen LogP contribution in [0.15, 0.2) is 54.9 Å². The summed E-state index contributed by atoms with van der Waals surface area (Å²) in [6, 6.07) is 13.9. The van der Waals surface area contributed by atoms with E-state index in [1.54, 1.807) is 6.20 Å². The van der Waals surface area contributed by atoms with Gasteiger partial charge in [0.25, 0.3) is 5.91 Å². The third kappa shape index (κ3) is 3.23. The molecule has 0 atom stereocenters. The van der Waals surface area contributed by atoms with Crippen LogP contribution in [0.5, 0.6) is 0 Å². The number of aromatic nitrogens is 2. The number of benzene rings is 2. The number of nitrogens with zero attached hydrogens (tertiary/aromatic N) is 2. The zero-order valence-corrected chi connectivity index (χ0v) is 14.2. The summed E-state index contributed by atoms with van der Waals surface area (Å²) in [5.74, 6) is 0.868. The lowest BCUT2D eigenvalue weighted by atomic mass is 10.0. The molecule has 3 aromatic rings. The maximum atomic E-state index is 12.5. The van der Waals surface area contributed by atoms with Gasteiger partial charge in [0, 0.05) is 24.5 Å². The molecule has 0 radical (unpaired) electrons. The van der Waals surface area contributed by atoms with E-state index in [0.717, 1.165) is 33.8 Å². The van der Waals surface area contributed by atoms with Crippen LogP contribution in [-0.4, -0.2) is 15.5 Å². The molecule has 122 valence electrons.